The fourth-order valence-corrected chi connectivity index (χ4v) is 3.44. The van der Waals surface area contributed by atoms with Crippen LogP contribution in [0, 0.1) is 0 Å². The van der Waals surface area contributed by atoms with Crippen molar-refractivity contribution in [3.05, 3.63) is 34.9 Å². The lowest BCUT2D eigenvalue weighted by Crippen LogP contribution is -2.50. The van der Waals surface area contributed by atoms with E-state index in [1.807, 2.05) is 0 Å². The highest BCUT2D eigenvalue weighted by Gasteiger charge is 2.38. The van der Waals surface area contributed by atoms with Crippen LogP contribution in [-0.4, -0.2) is 65.5 Å². The van der Waals surface area contributed by atoms with E-state index in [2.05, 4.69) is 10.6 Å². The van der Waals surface area contributed by atoms with Gasteiger partial charge in [-0.15, -0.1) is 0 Å². The van der Waals surface area contributed by atoms with Gasteiger partial charge in [-0.25, -0.2) is 9.59 Å². The largest absolute Gasteiger partial charge is 0.449 e. The van der Waals surface area contributed by atoms with Crippen LogP contribution < -0.4 is 10.6 Å². The second-order valence-electron chi connectivity index (χ2n) is 8.86. The molecule has 0 aliphatic carbocycles. The van der Waals surface area contributed by atoms with E-state index in [1.54, 1.807) is 20.8 Å². The Balaban J connectivity index is 1.63. The molecule has 0 aromatic heterocycles. The smallest absolute Gasteiger partial charge is 0.338 e. The molecule has 2 unspecified atom stereocenters. The van der Waals surface area contributed by atoms with Crippen molar-refractivity contribution in [2.75, 3.05) is 13.2 Å². The first-order valence-electron chi connectivity index (χ1n) is 10.4. The van der Waals surface area contributed by atoms with Crippen LogP contribution in [0.15, 0.2) is 18.2 Å². The number of amides is 5. The number of nitrogens with zero attached hydrogens (tertiary/aromatic N) is 1. The summed E-state index contributed by atoms with van der Waals surface area (Å²) < 4.78 is 10.6. The van der Waals surface area contributed by atoms with Crippen molar-refractivity contribution < 1.29 is 33.4 Å². The summed E-state index contributed by atoms with van der Waals surface area (Å²) in [4.78, 5) is 62.9. The summed E-state index contributed by atoms with van der Waals surface area (Å²) in [6.45, 7) is 7.35. The van der Waals surface area contributed by atoms with E-state index in [9.17, 15) is 24.0 Å². The highest BCUT2D eigenvalue weighted by Crippen LogP contribution is 2.26. The maximum atomic E-state index is 12.7. The van der Waals surface area contributed by atoms with Crippen molar-refractivity contribution >= 4 is 29.7 Å². The van der Waals surface area contributed by atoms with E-state index in [1.165, 1.54) is 25.1 Å². The lowest BCUT2D eigenvalue weighted by molar-refractivity contribution is -0.127. The van der Waals surface area contributed by atoms with Crippen molar-refractivity contribution in [2.24, 2.45) is 0 Å². The van der Waals surface area contributed by atoms with E-state index in [-0.39, 0.29) is 29.3 Å². The Morgan fingerprint density at radius 2 is 1.88 bits per heavy atom. The third kappa shape index (κ3) is 5.31. The average molecular weight is 445 g/mol. The standard InChI is InChI=1S/C22H27N3O7/c1-12(17(26)23-21(30)24-22(2,3)4)32-20(29)13-7-8-15-16(10-13)19(28)25(18(15)27)11-14-6-5-9-31-14/h7-8,10,12,14H,5-6,9,11H2,1-4H3,(H2,23,24,26,30). The molecule has 0 saturated carbocycles. The third-order valence-corrected chi connectivity index (χ3v) is 4.99. The fraction of sp³-hybridized carbons (Fsp3) is 0.500. The lowest BCUT2D eigenvalue weighted by Gasteiger charge is -2.21. The van der Waals surface area contributed by atoms with Gasteiger partial charge in [0.15, 0.2) is 6.10 Å². The minimum absolute atomic E-state index is 0.0164. The Morgan fingerprint density at radius 1 is 1.19 bits per heavy atom. The van der Waals surface area contributed by atoms with Crippen molar-refractivity contribution in [1.82, 2.24) is 15.5 Å². The van der Waals surface area contributed by atoms with Crippen molar-refractivity contribution in [3.8, 4) is 0 Å². The number of fused-ring (bicyclic) bond motifs is 1. The minimum Gasteiger partial charge on any atom is -0.449 e. The van der Waals surface area contributed by atoms with E-state index in [0.717, 1.165) is 17.7 Å². The van der Waals surface area contributed by atoms with E-state index >= 15 is 0 Å². The summed E-state index contributed by atoms with van der Waals surface area (Å²) in [5, 5.41) is 4.67. The normalized spacial score (nSPS) is 18.9. The van der Waals surface area contributed by atoms with E-state index in [0.29, 0.717) is 6.61 Å². The fourth-order valence-electron chi connectivity index (χ4n) is 3.44. The topological polar surface area (TPSA) is 131 Å². The van der Waals surface area contributed by atoms with Gasteiger partial charge in [-0.05, 0) is 58.7 Å². The Hall–Kier alpha value is -3.27. The van der Waals surface area contributed by atoms with E-state index in [4.69, 9.17) is 9.47 Å². The number of carbonyl (C=O) groups is 5. The SMILES string of the molecule is CC(OC(=O)c1ccc2c(c1)C(=O)N(CC1CCCO1)C2=O)C(=O)NC(=O)NC(C)(C)C. The number of urea groups is 1. The molecule has 1 aromatic rings. The molecule has 2 aliphatic heterocycles. The molecule has 0 spiro atoms. The predicted molar refractivity (Wildman–Crippen MR) is 112 cm³/mol. The van der Waals surface area contributed by atoms with E-state index < -0.39 is 41.4 Å². The van der Waals surface area contributed by atoms with Crippen LogP contribution in [0.1, 0.15) is 71.6 Å². The molecular weight excluding hydrogens is 418 g/mol. The molecule has 2 heterocycles. The van der Waals surface area contributed by atoms with Crippen molar-refractivity contribution in [3.63, 3.8) is 0 Å². The molecule has 3 rings (SSSR count). The van der Waals surface area contributed by atoms with Gasteiger partial charge in [-0.3, -0.25) is 24.6 Å². The van der Waals surface area contributed by atoms with Crippen LogP contribution in [-0.2, 0) is 14.3 Å². The molecule has 2 N–H and O–H groups in total. The summed E-state index contributed by atoms with van der Waals surface area (Å²) in [6.07, 6.45) is 0.220. The van der Waals surface area contributed by atoms with Gasteiger partial charge in [0.2, 0.25) is 0 Å². The summed E-state index contributed by atoms with van der Waals surface area (Å²) in [6, 6.07) is 3.32. The monoisotopic (exact) mass is 445 g/mol. The van der Waals surface area contributed by atoms with Crippen LogP contribution in [0.5, 0.6) is 0 Å². The van der Waals surface area contributed by atoms with Crippen molar-refractivity contribution in [1.29, 1.82) is 0 Å². The number of esters is 1. The Kier molecular flexibility index (Phi) is 6.63. The number of carbonyl (C=O) groups excluding carboxylic acids is 5. The maximum Gasteiger partial charge on any atom is 0.338 e. The molecular formula is C22H27N3O7. The number of hydrogen-bond acceptors (Lipinski definition) is 7. The highest BCUT2D eigenvalue weighted by molar-refractivity contribution is 6.22. The molecule has 2 aliphatic rings. The number of rotatable bonds is 5. The Morgan fingerprint density at radius 3 is 2.50 bits per heavy atom. The Bertz CT molecular complexity index is 961. The van der Waals surface area contributed by atoms with Crippen molar-refractivity contribution in [2.45, 2.75) is 58.3 Å². The molecule has 2 atom stereocenters. The zero-order valence-corrected chi connectivity index (χ0v) is 18.5. The van der Waals surface area contributed by atoms with Gasteiger partial charge in [0.25, 0.3) is 17.7 Å². The minimum atomic E-state index is -1.25. The first kappa shape index (κ1) is 23.4. The quantitative estimate of drug-likeness (QED) is 0.520. The van der Waals surface area contributed by atoms with Gasteiger partial charge in [-0.1, -0.05) is 0 Å². The summed E-state index contributed by atoms with van der Waals surface area (Å²) in [5.41, 5.74) is -0.225. The number of imide groups is 2. The molecule has 32 heavy (non-hydrogen) atoms. The molecule has 10 heteroatoms. The average Bonchev–Trinajstić information content (AvgIpc) is 3.29. The zero-order valence-electron chi connectivity index (χ0n) is 18.5. The molecule has 10 nitrogen and oxygen atoms in total. The molecule has 0 bridgehead atoms. The highest BCUT2D eigenvalue weighted by atomic mass is 16.5. The first-order valence-corrected chi connectivity index (χ1v) is 10.4. The first-order chi connectivity index (χ1) is 15.0. The van der Waals surface area contributed by atoms with Gasteiger partial charge >= 0.3 is 12.0 Å². The van der Waals surface area contributed by atoms with Crippen LogP contribution in [0.2, 0.25) is 0 Å². The summed E-state index contributed by atoms with van der Waals surface area (Å²) >= 11 is 0. The number of nitrogens with one attached hydrogen (secondary N) is 2. The lowest BCUT2D eigenvalue weighted by atomic mass is 10.1. The van der Waals surface area contributed by atoms with Gasteiger partial charge < -0.3 is 14.8 Å². The molecule has 172 valence electrons. The number of benzene rings is 1. The Labute approximate surface area is 185 Å². The molecule has 1 saturated heterocycles. The summed E-state index contributed by atoms with van der Waals surface area (Å²) in [7, 11) is 0. The van der Waals surface area contributed by atoms with Gasteiger partial charge in [0.1, 0.15) is 0 Å². The van der Waals surface area contributed by atoms with Crippen LogP contribution in [0.25, 0.3) is 0 Å². The van der Waals surface area contributed by atoms with Crippen LogP contribution in [0.3, 0.4) is 0 Å². The molecule has 0 radical (unpaired) electrons. The summed E-state index contributed by atoms with van der Waals surface area (Å²) in [5.74, 6) is -2.59. The third-order valence-electron chi connectivity index (χ3n) is 4.99. The second-order valence-corrected chi connectivity index (χ2v) is 8.86. The van der Waals surface area contributed by atoms with Gasteiger partial charge in [0, 0.05) is 12.1 Å². The van der Waals surface area contributed by atoms with Crippen LogP contribution in [0.4, 0.5) is 4.79 Å². The second kappa shape index (κ2) is 9.07. The van der Waals surface area contributed by atoms with Gasteiger partial charge in [0.05, 0.1) is 29.3 Å². The molecule has 1 fully saturated rings. The number of hydrogen-bond donors (Lipinski definition) is 2. The van der Waals surface area contributed by atoms with Crippen LogP contribution >= 0.6 is 0 Å². The molecule has 1 aromatic carbocycles. The van der Waals surface area contributed by atoms with Gasteiger partial charge in [-0.2, -0.15) is 0 Å². The maximum absolute atomic E-state index is 12.7. The number of ether oxygens (including phenoxy) is 2. The molecule has 5 amide bonds. The predicted octanol–water partition coefficient (Wildman–Crippen LogP) is 1.63. The zero-order chi connectivity index (χ0) is 23.6.